The van der Waals surface area contributed by atoms with E-state index < -0.39 is 0 Å². The van der Waals surface area contributed by atoms with Crippen molar-refractivity contribution in [3.63, 3.8) is 0 Å². The normalized spacial score (nSPS) is 8.40. The van der Waals surface area contributed by atoms with Crippen LogP contribution in [-0.4, -0.2) is 15.0 Å². The Bertz CT molecular complexity index is 170. The van der Waals surface area contributed by atoms with Crippen molar-refractivity contribution in [2.75, 3.05) is 17.2 Å². The van der Waals surface area contributed by atoms with Gasteiger partial charge in [0.05, 0.1) is 0 Å². The molecule has 1 aromatic heterocycles. The number of rotatable bonds is 0. The van der Waals surface area contributed by atoms with Crippen molar-refractivity contribution in [1.29, 1.82) is 0 Å². The summed E-state index contributed by atoms with van der Waals surface area (Å²) in [6.07, 6.45) is 0. The van der Waals surface area contributed by atoms with Crippen LogP contribution in [0.3, 0.4) is 0 Å². The fourth-order valence-electron chi connectivity index (χ4n) is 0.427. The van der Waals surface area contributed by atoms with Gasteiger partial charge in [-0.1, -0.05) is 0 Å². The molecule has 9 N–H and O–H groups in total. The summed E-state index contributed by atoms with van der Waals surface area (Å²) in [5.41, 5.74) is 15.4. The molecule has 10 heavy (non-hydrogen) atoms. The first-order valence-electron chi connectivity index (χ1n) is 2.21. The topological polar surface area (TPSA) is 152 Å². The fourth-order valence-corrected chi connectivity index (χ4v) is 0.427. The summed E-state index contributed by atoms with van der Waals surface area (Å²) in [7, 11) is 0. The Hall–Kier alpha value is -1.63. The molecule has 0 aliphatic heterocycles. The maximum Gasteiger partial charge on any atom is 0.226 e. The van der Waals surface area contributed by atoms with Crippen molar-refractivity contribution >= 4 is 17.8 Å². The lowest BCUT2D eigenvalue weighted by molar-refractivity contribution is 1.09. The van der Waals surface area contributed by atoms with E-state index in [1.54, 1.807) is 0 Å². The molecule has 56 valence electrons. The van der Waals surface area contributed by atoms with Crippen molar-refractivity contribution in [3.05, 3.63) is 0 Å². The highest BCUT2D eigenvalue weighted by Crippen LogP contribution is 1.97. The van der Waals surface area contributed by atoms with Gasteiger partial charge >= 0.3 is 0 Å². The van der Waals surface area contributed by atoms with Crippen molar-refractivity contribution in [2.24, 2.45) is 0 Å². The molecule has 0 aliphatic carbocycles. The van der Waals surface area contributed by atoms with Crippen molar-refractivity contribution in [2.45, 2.75) is 0 Å². The lowest BCUT2D eigenvalue weighted by atomic mass is 10.9. The fraction of sp³-hybridized carbons (Fsp3) is 0. The first kappa shape index (κ1) is 8.37. The number of anilines is 3. The number of nitrogens with two attached hydrogens (primary N) is 3. The summed E-state index contributed by atoms with van der Waals surface area (Å²) in [6, 6.07) is 0. The van der Waals surface area contributed by atoms with Gasteiger partial charge in [-0.2, -0.15) is 15.0 Å². The molecule has 7 heteroatoms. The van der Waals surface area contributed by atoms with Gasteiger partial charge in [-0.15, -0.1) is 0 Å². The van der Waals surface area contributed by atoms with Crippen LogP contribution in [0.4, 0.5) is 17.8 Å². The van der Waals surface area contributed by atoms with Crippen LogP contribution in [0.5, 0.6) is 0 Å². The van der Waals surface area contributed by atoms with Crippen LogP contribution in [-0.2, 0) is 0 Å². The molecule has 1 aromatic rings. The second kappa shape index (κ2) is 2.78. The SMILES string of the molecule is N.Nc1nc(N)nc(N)n1. The van der Waals surface area contributed by atoms with E-state index >= 15 is 0 Å². The third-order valence-electron chi connectivity index (χ3n) is 0.687. The van der Waals surface area contributed by atoms with Crippen LogP contribution in [0.1, 0.15) is 0 Å². The summed E-state index contributed by atoms with van der Waals surface area (Å²) < 4.78 is 0. The molecule has 0 aliphatic rings. The van der Waals surface area contributed by atoms with Crippen LogP contribution in [0.15, 0.2) is 0 Å². The molecule has 0 saturated heterocycles. The Morgan fingerprint density at radius 2 is 0.900 bits per heavy atom. The molecule has 0 spiro atoms. The Labute approximate surface area is 57.2 Å². The van der Waals surface area contributed by atoms with Crippen LogP contribution in [0, 0.1) is 0 Å². The van der Waals surface area contributed by atoms with Gasteiger partial charge in [0.25, 0.3) is 0 Å². The molecule has 0 atom stereocenters. The summed E-state index contributed by atoms with van der Waals surface area (Å²) >= 11 is 0. The van der Waals surface area contributed by atoms with E-state index in [4.69, 9.17) is 17.2 Å². The Kier molecular flexibility index (Phi) is 2.33. The summed E-state index contributed by atoms with van der Waals surface area (Å²) in [6.45, 7) is 0. The number of hydrogen-bond acceptors (Lipinski definition) is 7. The Morgan fingerprint density at radius 3 is 1.10 bits per heavy atom. The quantitative estimate of drug-likeness (QED) is 0.355. The maximum atomic E-state index is 5.14. The van der Waals surface area contributed by atoms with Gasteiger partial charge < -0.3 is 23.4 Å². The average molecular weight is 143 g/mol. The average Bonchev–Trinajstić information content (AvgIpc) is 1.59. The number of nitrogen functional groups attached to an aromatic ring is 3. The molecule has 0 radical (unpaired) electrons. The minimum Gasteiger partial charge on any atom is -0.368 e. The van der Waals surface area contributed by atoms with Gasteiger partial charge in [0.2, 0.25) is 17.8 Å². The molecular weight excluding hydrogens is 134 g/mol. The second-order valence-corrected chi connectivity index (χ2v) is 1.41. The predicted molar refractivity (Wildman–Crippen MR) is 38.1 cm³/mol. The molecule has 0 fully saturated rings. The number of nitrogens with zero attached hydrogens (tertiary/aromatic N) is 3. The highest BCUT2D eigenvalue weighted by molar-refractivity contribution is 5.33. The zero-order valence-electron chi connectivity index (χ0n) is 5.28. The maximum absolute atomic E-state index is 5.14. The van der Waals surface area contributed by atoms with E-state index in [-0.39, 0.29) is 24.0 Å². The third-order valence-corrected chi connectivity index (χ3v) is 0.687. The summed E-state index contributed by atoms with van der Waals surface area (Å²) in [4.78, 5) is 10.5. The minimum absolute atomic E-state index is 0. The minimum atomic E-state index is 0. The lowest BCUT2D eigenvalue weighted by Crippen LogP contribution is -2.05. The van der Waals surface area contributed by atoms with E-state index in [1.807, 2.05) is 0 Å². The van der Waals surface area contributed by atoms with Crippen LogP contribution in [0.2, 0.25) is 0 Å². The van der Waals surface area contributed by atoms with Gasteiger partial charge in [-0.3, -0.25) is 0 Å². The molecular formula is C3H9N7. The second-order valence-electron chi connectivity index (χ2n) is 1.41. The number of aromatic nitrogens is 3. The molecule has 0 aromatic carbocycles. The Morgan fingerprint density at radius 1 is 0.700 bits per heavy atom. The van der Waals surface area contributed by atoms with Crippen LogP contribution in [0.25, 0.3) is 0 Å². The first-order valence-corrected chi connectivity index (χ1v) is 2.21. The molecule has 1 rings (SSSR count). The van der Waals surface area contributed by atoms with Crippen molar-refractivity contribution in [1.82, 2.24) is 21.1 Å². The first-order chi connectivity index (χ1) is 4.18. The zero-order valence-corrected chi connectivity index (χ0v) is 5.28. The van der Waals surface area contributed by atoms with E-state index in [1.165, 1.54) is 0 Å². The summed E-state index contributed by atoms with van der Waals surface area (Å²) in [5, 5.41) is 0. The van der Waals surface area contributed by atoms with E-state index in [2.05, 4.69) is 15.0 Å². The summed E-state index contributed by atoms with van der Waals surface area (Å²) in [5.74, 6) is 0.125. The Balaban J connectivity index is 0.000000810. The predicted octanol–water partition coefficient (Wildman–Crippen LogP) is -1.22. The van der Waals surface area contributed by atoms with Gasteiger partial charge in [0.15, 0.2) is 0 Å². The van der Waals surface area contributed by atoms with Gasteiger partial charge in [-0.25, -0.2) is 0 Å². The van der Waals surface area contributed by atoms with Crippen LogP contribution >= 0.6 is 0 Å². The molecule has 0 unspecified atom stereocenters. The standard InChI is InChI=1S/C3H6N6.H3N/c4-1-7-2(5)9-3(6)8-1;/h(H6,4,5,6,7,8,9);1H3. The van der Waals surface area contributed by atoms with Gasteiger partial charge in [-0.05, 0) is 0 Å². The molecule has 0 bridgehead atoms. The largest absolute Gasteiger partial charge is 0.368 e. The molecule has 0 amide bonds. The van der Waals surface area contributed by atoms with Gasteiger partial charge in [0, 0.05) is 0 Å². The van der Waals surface area contributed by atoms with Crippen molar-refractivity contribution < 1.29 is 0 Å². The number of hydrogen-bond donors (Lipinski definition) is 4. The molecule has 7 nitrogen and oxygen atoms in total. The lowest BCUT2D eigenvalue weighted by Gasteiger charge is -1.93. The monoisotopic (exact) mass is 143 g/mol. The third kappa shape index (κ3) is 1.71. The zero-order chi connectivity index (χ0) is 6.85. The van der Waals surface area contributed by atoms with E-state index in [0.717, 1.165) is 0 Å². The van der Waals surface area contributed by atoms with E-state index in [9.17, 15) is 0 Å². The molecule has 0 saturated carbocycles. The highest BCUT2D eigenvalue weighted by Gasteiger charge is 1.93. The highest BCUT2D eigenvalue weighted by atomic mass is 15.2. The van der Waals surface area contributed by atoms with Crippen molar-refractivity contribution in [3.8, 4) is 0 Å². The smallest absolute Gasteiger partial charge is 0.226 e. The van der Waals surface area contributed by atoms with Crippen LogP contribution < -0.4 is 23.4 Å². The molecule has 1 heterocycles. The van der Waals surface area contributed by atoms with Gasteiger partial charge in [0.1, 0.15) is 0 Å². The van der Waals surface area contributed by atoms with E-state index in [0.29, 0.717) is 0 Å².